The maximum absolute atomic E-state index is 8.35. The summed E-state index contributed by atoms with van der Waals surface area (Å²) in [5.41, 5.74) is 1.24. The molecule has 0 saturated carbocycles. The summed E-state index contributed by atoms with van der Waals surface area (Å²) in [6.45, 7) is 8.94. The van der Waals surface area contributed by atoms with Gasteiger partial charge in [0.1, 0.15) is 0 Å². The zero-order chi connectivity index (χ0) is 19.3. The fraction of sp³-hybridized carbons (Fsp3) is 0.478. The van der Waals surface area contributed by atoms with E-state index >= 15 is 0 Å². The molecule has 1 aromatic rings. The van der Waals surface area contributed by atoms with Gasteiger partial charge in [0.2, 0.25) is 0 Å². The van der Waals surface area contributed by atoms with Crippen molar-refractivity contribution in [3.63, 3.8) is 0 Å². The van der Waals surface area contributed by atoms with Gasteiger partial charge in [0.25, 0.3) is 0 Å². The average Bonchev–Trinajstić information content (AvgIpc) is 2.67. The molecule has 0 heterocycles. The molecule has 1 rings (SSSR count). The fourth-order valence-electron chi connectivity index (χ4n) is 2.53. The molecule has 0 saturated heterocycles. The smallest absolute Gasteiger partial charge is 0.0144 e. The Kier molecular flexibility index (Phi) is 25.8. The number of hydrogen-bond donors (Lipinski definition) is 0. The summed E-state index contributed by atoms with van der Waals surface area (Å²) in [4.78, 5) is 10.6. The van der Waals surface area contributed by atoms with E-state index in [4.69, 9.17) is 6.17 Å². The molecule has 0 aliphatic heterocycles. The Morgan fingerprint density at radius 1 is 1.07 bits per heavy atom. The van der Waals surface area contributed by atoms with Crippen molar-refractivity contribution in [1.29, 1.82) is 0 Å². The molecule has 0 unspecified atom stereocenters. The third kappa shape index (κ3) is 19.4. The van der Waals surface area contributed by atoms with Gasteiger partial charge in [-0.15, -0.1) is 6.54 Å². The van der Waals surface area contributed by atoms with E-state index in [0.717, 1.165) is 19.9 Å². The van der Waals surface area contributed by atoms with Gasteiger partial charge in [-0.1, -0.05) is 75.1 Å². The zero-order valence-corrected chi connectivity index (χ0v) is 19.0. The first-order chi connectivity index (χ1) is 12.8. The molecule has 0 spiro atoms. The molecule has 0 amide bonds. The molecule has 0 radical (unpaired) electrons. The predicted molar refractivity (Wildman–Crippen MR) is 116 cm³/mol. The van der Waals surface area contributed by atoms with Gasteiger partial charge in [-0.25, -0.2) is 0 Å². The van der Waals surface area contributed by atoms with Gasteiger partial charge in [-0.05, 0) is 43.5 Å². The largest absolute Gasteiger partial charge is 0.693 e. The number of allylic oxidation sites excluding steroid dienone is 2. The van der Waals surface area contributed by atoms with Crippen molar-refractivity contribution in [3.8, 4) is 0 Å². The Bertz CT molecular complexity index is 481. The summed E-state index contributed by atoms with van der Waals surface area (Å²) in [6.07, 6.45) is 19.5. The fourth-order valence-corrected chi connectivity index (χ4v) is 2.53. The van der Waals surface area contributed by atoms with Crippen LogP contribution in [0.2, 0.25) is 0 Å². The van der Waals surface area contributed by atoms with Crippen molar-refractivity contribution < 1.29 is 27.2 Å². The molecule has 1 aromatic carbocycles. The van der Waals surface area contributed by atoms with E-state index in [9.17, 15) is 0 Å². The SMILES string of the molecule is [2H][C-]=O.[CH2-]CN(C=Cc1ccccc1)CCCC=CCCCCCCC.[NH2-].[Pt]. The molecule has 0 fully saturated rings. The number of nitrogens with two attached hydrogens (primary N) is 1. The normalized spacial score (nSPS) is 10.4. The third-order valence-electron chi connectivity index (χ3n) is 4.02. The van der Waals surface area contributed by atoms with E-state index in [0.29, 0.717) is 0 Å². The zero-order valence-electron chi connectivity index (χ0n) is 17.7. The molecule has 3 nitrogen and oxygen atoms in total. The summed E-state index contributed by atoms with van der Waals surface area (Å²) in [5.74, 6) is 0. The van der Waals surface area contributed by atoms with Gasteiger partial charge in [0.05, 0.1) is 0 Å². The van der Waals surface area contributed by atoms with Gasteiger partial charge < -0.3 is 22.8 Å². The first-order valence-corrected chi connectivity index (χ1v) is 9.48. The number of rotatable bonds is 13. The minimum Gasteiger partial charge on any atom is -0.693 e. The first-order valence-electron chi connectivity index (χ1n) is 9.98. The van der Waals surface area contributed by atoms with Crippen LogP contribution in [0, 0.1) is 6.92 Å². The van der Waals surface area contributed by atoms with E-state index < -0.39 is 0 Å². The Labute approximate surface area is 183 Å². The van der Waals surface area contributed by atoms with Gasteiger partial charge >= 0.3 is 0 Å². The Morgan fingerprint density at radius 3 is 2.26 bits per heavy atom. The molecule has 0 aliphatic rings. The monoisotopic (exact) mass is 553 g/mol. The summed E-state index contributed by atoms with van der Waals surface area (Å²) in [5, 5.41) is 0. The molecule has 2 N–H and O–H groups in total. The van der Waals surface area contributed by atoms with Crippen LogP contribution in [0.25, 0.3) is 12.2 Å². The van der Waals surface area contributed by atoms with Crippen LogP contribution in [0.15, 0.2) is 48.7 Å². The second kappa shape index (κ2) is 24.8. The molecule has 0 aliphatic carbocycles. The number of carbonyl (C=O) groups excluding carboxylic acids is 1. The van der Waals surface area contributed by atoms with Crippen LogP contribution in [0.4, 0.5) is 0 Å². The topological polar surface area (TPSA) is 53.8 Å². The Morgan fingerprint density at radius 2 is 1.67 bits per heavy atom. The van der Waals surface area contributed by atoms with E-state index in [2.05, 4.69) is 67.4 Å². The van der Waals surface area contributed by atoms with Crippen molar-refractivity contribution in [2.24, 2.45) is 0 Å². The van der Waals surface area contributed by atoms with Crippen molar-refractivity contribution in [2.45, 2.75) is 58.3 Å². The standard InChI is InChI=1S/C22H34N.CHO.H2N.Pt/c1-3-5-6-7-8-9-10-11-12-16-20-23(4-2)21-19-22-17-14-13-15-18-22;1-2;;/h10-11,13-15,17-19,21H,2-9,12,16,20H2,1H3;1H;1H2;/q3*-1;/i;1D;;. The number of nitrogens with zero attached hydrogens (tertiary/aromatic N) is 1. The summed E-state index contributed by atoms with van der Waals surface area (Å²) < 4.78 is 5.40. The Hall–Kier alpha value is -1.18. The number of unbranched alkanes of at least 4 members (excludes halogenated alkanes) is 6. The second-order valence-electron chi connectivity index (χ2n) is 6.08. The molecule has 0 aromatic heterocycles. The number of hydrogen-bond acceptors (Lipinski definition) is 2. The molecular weight excluding hydrogens is 515 g/mol. The van der Waals surface area contributed by atoms with E-state index in [1.165, 1.54) is 56.9 Å². The van der Waals surface area contributed by atoms with Gasteiger partial charge in [-0.3, -0.25) is 6.77 Å². The van der Waals surface area contributed by atoms with Crippen LogP contribution >= 0.6 is 0 Å². The molecule has 27 heavy (non-hydrogen) atoms. The van der Waals surface area contributed by atoms with Crippen LogP contribution in [0.5, 0.6) is 0 Å². The maximum Gasteiger partial charge on any atom is 0.0144 e. The minimum atomic E-state index is 0. The van der Waals surface area contributed by atoms with Crippen molar-refractivity contribution in [3.05, 3.63) is 67.3 Å². The van der Waals surface area contributed by atoms with Crippen LogP contribution in [0.1, 0.15) is 65.2 Å². The minimum absolute atomic E-state index is 0. The number of benzene rings is 1. The van der Waals surface area contributed by atoms with Gasteiger partial charge in [-0.2, -0.15) is 1.37 Å². The molecule has 4 heteroatoms. The van der Waals surface area contributed by atoms with E-state index in [-0.39, 0.29) is 27.2 Å². The molecule has 0 bridgehead atoms. The summed E-state index contributed by atoms with van der Waals surface area (Å²) in [7, 11) is 0. The van der Waals surface area contributed by atoms with Crippen molar-refractivity contribution >= 4 is 12.8 Å². The summed E-state index contributed by atoms with van der Waals surface area (Å²) >= 11 is 0. The van der Waals surface area contributed by atoms with Crippen molar-refractivity contribution in [2.75, 3.05) is 13.1 Å². The van der Waals surface area contributed by atoms with Crippen LogP contribution in [0.3, 0.4) is 0 Å². The van der Waals surface area contributed by atoms with E-state index in [1.807, 2.05) is 6.07 Å². The van der Waals surface area contributed by atoms with Crippen LogP contribution < -0.4 is 0 Å². The second-order valence-corrected chi connectivity index (χ2v) is 6.08. The third-order valence-corrected chi connectivity index (χ3v) is 4.02. The summed E-state index contributed by atoms with van der Waals surface area (Å²) in [6, 6.07) is 10.4. The Balaban J connectivity index is -0.00000117. The average molecular weight is 554 g/mol. The first kappa shape index (κ1) is 28.0. The van der Waals surface area contributed by atoms with Crippen LogP contribution in [-0.2, 0) is 25.9 Å². The van der Waals surface area contributed by atoms with E-state index in [1.54, 1.807) is 0 Å². The molecule has 158 valence electrons. The quantitative estimate of drug-likeness (QED) is 0.115. The van der Waals surface area contributed by atoms with Crippen LogP contribution in [-0.4, -0.2) is 24.8 Å². The maximum atomic E-state index is 8.35. The molecule has 0 atom stereocenters. The predicted octanol–water partition coefficient (Wildman–Crippen LogP) is 6.93. The van der Waals surface area contributed by atoms with Crippen molar-refractivity contribution in [1.82, 2.24) is 4.90 Å². The van der Waals surface area contributed by atoms with Gasteiger partial charge in [0.15, 0.2) is 0 Å². The van der Waals surface area contributed by atoms with Gasteiger partial charge in [0, 0.05) is 27.6 Å². The molecular formula is C23H37N2OPt-3.